The second kappa shape index (κ2) is 4.86. The van der Waals surface area contributed by atoms with E-state index in [-0.39, 0.29) is 0 Å². The van der Waals surface area contributed by atoms with Gasteiger partial charge in [0.1, 0.15) is 0 Å². The molecule has 0 saturated heterocycles. The number of rotatable bonds is 4. The Balaban J connectivity index is 2.40. The van der Waals surface area contributed by atoms with Crippen LogP contribution in [0.15, 0.2) is 42.5 Å². The third-order valence-electron chi connectivity index (χ3n) is 2.39. The quantitative estimate of drug-likeness (QED) is 0.608. The molecule has 0 bridgehead atoms. The van der Waals surface area contributed by atoms with E-state index in [9.17, 15) is 0 Å². The lowest BCUT2D eigenvalue weighted by atomic mass is 9.98. The molecule has 0 aromatic heterocycles. The lowest BCUT2D eigenvalue weighted by Gasteiger charge is -2.08. The van der Waals surface area contributed by atoms with E-state index < -0.39 is 0 Å². The van der Waals surface area contributed by atoms with Crippen LogP contribution in [0.25, 0.3) is 0 Å². The fourth-order valence-electron chi connectivity index (χ4n) is 1.24. The van der Waals surface area contributed by atoms with Gasteiger partial charge in [0.25, 0.3) is 0 Å². The lowest BCUT2D eigenvalue weighted by Crippen LogP contribution is -1.94. The summed E-state index contributed by atoms with van der Waals surface area (Å²) in [7, 11) is 0. The summed E-state index contributed by atoms with van der Waals surface area (Å²) < 4.78 is 0. The molecule has 0 heterocycles. The van der Waals surface area contributed by atoms with Crippen LogP contribution < -0.4 is 0 Å². The van der Waals surface area contributed by atoms with Crippen molar-refractivity contribution < 1.29 is 0 Å². The predicted molar refractivity (Wildman–Crippen MR) is 58.7 cm³/mol. The van der Waals surface area contributed by atoms with E-state index in [0.717, 1.165) is 12.8 Å². The molecule has 0 unspecified atom stereocenters. The molecule has 1 aromatic rings. The first-order chi connectivity index (χ1) is 6.20. The van der Waals surface area contributed by atoms with Crippen LogP contribution in [0.3, 0.4) is 0 Å². The number of hydrogen-bond donors (Lipinski definition) is 0. The molecule has 0 spiro atoms. The van der Waals surface area contributed by atoms with Crippen LogP contribution in [0.2, 0.25) is 0 Å². The summed E-state index contributed by atoms with van der Waals surface area (Å²) in [4.78, 5) is 0. The Morgan fingerprint density at radius 3 is 2.38 bits per heavy atom. The van der Waals surface area contributed by atoms with E-state index in [4.69, 9.17) is 0 Å². The van der Waals surface area contributed by atoms with Crippen LogP contribution in [-0.4, -0.2) is 0 Å². The first-order valence-corrected chi connectivity index (χ1v) is 4.91. The molecular weight excluding hydrogens is 156 g/mol. The molecule has 0 N–H and O–H groups in total. The average molecular weight is 174 g/mol. The molecule has 1 rings (SSSR count). The lowest BCUT2D eigenvalue weighted by molar-refractivity contribution is 0.713. The fraction of sp³-hybridized carbons (Fsp3) is 0.385. The first kappa shape index (κ1) is 10.0. The third-order valence-corrected chi connectivity index (χ3v) is 2.39. The summed E-state index contributed by atoms with van der Waals surface area (Å²) >= 11 is 0. The van der Waals surface area contributed by atoms with Gasteiger partial charge in [-0.15, -0.1) is 0 Å². The van der Waals surface area contributed by atoms with Gasteiger partial charge in [-0.25, -0.2) is 0 Å². The van der Waals surface area contributed by atoms with Crippen molar-refractivity contribution >= 4 is 0 Å². The molecule has 0 radical (unpaired) electrons. The highest BCUT2D eigenvalue weighted by molar-refractivity contribution is 5.16. The van der Waals surface area contributed by atoms with Crippen molar-refractivity contribution in [2.75, 3.05) is 0 Å². The van der Waals surface area contributed by atoms with Gasteiger partial charge >= 0.3 is 0 Å². The van der Waals surface area contributed by atoms with Crippen molar-refractivity contribution in [1.82, 2.24) is 0 Å². The highest BCUT2D eigenvalue weighted by Crippen LogP contribution is 2.14. The molecule has 0 aliphatic carbocycles. The van der Waals surface area contributed by atoms with Gasteiger partial charge in [0.2, 0.25) is 0 Å². The minimum Gasteiger partial charge on any atom is -0.0996 e. The summed E-state index contributed by atoms with van der Waals surface area (Å²) in [5.41, 5.74) is 2.76. The van der Waals surface area contributed by atoms with Gasteiger partial charge in [0.15, 0.2) is 0 Å². The Hall–Kier alpha value is -1.04. The normalized spacial score (nSPS) is 10.4. The van der Waals surface area contributed by atoms with Crippen LogP contribution in [-0.2, 0) is 6.42 Å². The van der Waals surface area contributed by atoms with Gasteiger partial charge in [0, 0.05) is 0 Å². The van der Waals surface area contributed by atoms with Crippen molar-refractivity contribution in [2.24, 2.45) is 5.92 Å². The van der Waals surface area contributed by atoms with E-state index in [0.29, 0.717) is 5.92 Å². The molecule has 0 nitrogen and oxygen atoms in total. The number of aryl methyl sites for hydroxylation is 1. The van der Waals surface area contributed by atoms with Crippen LogP contribution in [0.4, 0.5) is 0 Å². The van der Waals surface area contributed by atoms with E-state index >= 15 is 0 Å². The highest BCUT2D eigenvalue weighted by Gasteiger charge is 2.00. The maximum absolute atomic E-state index is 4.07. The molecule has 1 aromatic carbocycles. The second-order valence-electron chi connectivity index (χ2n) is 3.80. The van der Waals surface area contributed by atoms with E-state index in [1.54, 1.807) is 0 Å². The number of hydrogen-bond acceptors (Lipinski definition) is 0. The summed E-state index contributed by atoms with van der Waals surface area (Å²) in [5.74, 6) is 0.615. The predicted octanol–water partition coefficient (Wildman–Crippen LogP) is 3.83. The minimum atomic E-state index is 0.615. The molecule has 0 aliphatic rings. The van der Waals surface area contributed by atoms with Crippen LogP contribution in [0, 0.1) is 5.92 Å². The van der Waals surface area contributed by atoms with Crippen molar-refractivity contribution in [2.45, 2.75) is 26.7 Å². The molecule has 0 amide bonds. The minimum absolute atomic E-state index is 0.615. The molecule has 0 heteroatoms. The van der Waals surface area contributed by atoms with E-state index in [2.05, 4.69) is 50.8 Å². The zero-order valence-electron chi connectivity index (χ0n) is 8.59. The maximum Gasteiger partial charge on any atom is -0.0241 e. The van der Waals surface area contributed by atoms with Gasteiger partial charge in [-0.2, -0.15) is 0 Å². The molecule has 0 saturated carbocycles. The van der Waals surface area contributed by atoms with Gasteiger partial charge in [0.05, 0.1) is 0 Å². The van der Waals surface area contributed by atoms with Gasteiger partial charge < -0.3 is 0 Å². The van der Waals surface area contributed by atoms with Crippen molar-refractivity contribution in [1.29, 1.82) is 0 Å². The summed E-state index contributed by atoms with van der Waals surface area (Å²) in [6.45, 7) is 8.47. The van der Waals surface area contributed by atoms with Crippen LogP contribution in [0.5, 0.6) is 0 Å². The van der Waals surface area contributed by atoms with Gasteiger partial charge in [-0.1, -0.05) is 56.3 Å². The number of allylic oxidation sites excluding steroid dienone is 1. The SMILES string of the molecule is C=C(CCc1ccccc1)C(C)C. The van der Waals surface area contributed by atoms with E-state index in [1.165, 1.54) is 11.1 Å². The smallest absolute Gasteiger partial charge is 0.0241 e. The fourth-order valence-corrected chi connectivity index (χ4v) is 1.24. The Morgan fingerprint density at radius 1 is 1.23 bits per heavy atom. The Morgan fingerprint density at radius 2 is 1.85 bits per heavy atom. The first-order valence-electron chi connectivity index (χ1n) is 4.91. The molecule has 0 aliphatic heterocycles. The van der Waals surface area contributed by atoms with Gasteiger partial charge in [-0.05, 0) is 24.3 Å². The molecule has 0 fully saturated rings. The zero-order valence-corrected chi connectivity index (χ0v) is 8.59. The summed E-state index contributed by atoms with van der Waals surface area (Å²) in [6, 6.07) is 10.6. The maximum atomic E-state index is 4.07. The van der Waals surface area contributed by atoms with Crippen molar-refractivity contribution in [3.63, 3.8) is 0 Å². The van der Waals surface area contributed by atoms with E-state index in [1.807, 2.05) is 0 Å². The molecule has 70 valence electrons. The van der Waals surface area contributed by atoms with Gasteiger partial charge in [-0.3, -0.25) is 0 Å². The van der Waals surface area contributed by atoms with Crippen LogP contribution in [0.1, 0.15) is 25.8 Å². The largest absolute Gasteiger partial charge is 0.0996 e. The Bertz CT molecular complexity index is 257. The van der Waals surface area contributed by atoms with Crippen molar-refractivity contribution in [3.05, 3.63) is 48.0 Å². The highest BCUT2D eigenvalue weighted by atomic mass is 14.1. The average Bonchev–Trinajstić information content (AvgIpc) is 2.15. The monoisotopic (exact) mass is 174 g/mol. The Kier molecular flexibility index (Phi) is 3.75. The summed E-state index contributed by atoms with van der Waals surface area (Å²) in [5, 5.41) is 0. The topological polar surface area (TPSA) is 0 Å². The summed E-state index contributed by atoms with van der Waals surface area (Å²) in [6.07, 6.45) is 2.24. The zero-order chi connectivity index (χ0) is 9.68. The standard InChI is InChI=1S/C13H18/c1-11(2)12(3)9-10-13-7-5-4-6-8-13/h4-8,11H,3,9-10H2,1-2H3. The second-order valence-corrected chi connectivity index (χ2v) is 3.80. The molecular formula is C13H18. The molecule has 0 atom stereocenters. The third kappa shape index (κ3) is 3.45. The van der Waals surface area contributed by atoms with Crippen molar-refractivity contribution in [3.8, 4) is 0 Å². The number of benzene rings is 1. The van der Waals surface area contributed by atoms with Crippen LogP contribution >= 0.6 is 0 Å². The molecule has 13 heavy (non-hydrogen) atoms. The Labute approximate surface area is 81.3 Å².